The van der Waals surface area contributed by atoms with E-state index >= 15 is 0 Å². The van der Waals surface area contributed by atoms with E-state index < -0.39 is 0 Å². The fourth-order valence-electron chi connectivity index (χ4n) is 1.61. The van der Waals surface area contributed by atoms with Gasteiger partial charge in [-0.3, -0.25) is 4.79 Å². The predicted octanol–water partition coefficient (Wildman–Crippen LogP) is 0.575. The van der Waals surface area contributed by atoms with E-state index in [1.165, 1.54) is 0 Å². The Kier molecular flexibility index (Phi) is 15.6. The van der Waals surface area contributed by atoms with E-state index in [9.17, 15) is 4.79 Å². The summed E-state index contributed by atoms with van der Waals surface area (Å²) >= 11 is 0. The summed E-state index contributed by atoms with van der Waals surface area (Å²) in [5, 5.41) is 6.03. The topological polar surface area (TPSA) is 78.1 Å². The Morgan fingerprint density at radius 2 is 1.22 bits per heavy atom. The van der Waals surface area contributed by atoms with Crippen molar-refractivity contribution < 1.29 is 23.7 Å². The highest BCUT2D eigenvalue weighted by molar-refractivity contribution is 5.77. The Bertz CT molecular complexity index is 275. The maximum atomic E-state index is 11.3. The van der Waals surface area contributed by atoms with Crippen molar-refractivity contribution in [2.45, 2.75) is 39.8 Å². The first-order valence-corrected chi connectivity index (χ1v) is 8.36. The highest BCUT2D eigenvalue weighted by Gasteiger charge is 2.02. The molecule has 7 heteroatoms. The molecule has 0 aromatic heterocycles. The molecule has 0 radical (unpaired) electrons. The predicted molar refractivity (Wildman–Crippen MR) is 89.7 cm³/mol. The van der Waals surface area contributed by atoms with Crippen LogP contribution in [0.3, 0.4) is 0 Å². The highest BCUT2D eigenvalue weighted by atomic mass is 16.6. The molecule has 0 aliphatic carbocycles. The second-order valence-electron chi connectivity index (χ2n) is 5.72. The molecule has 0 bridgehead atoms. The van der Waals surface area contributed by atoms with Gasteiger partial charge >= 0.3 is 0 Å². The molecule has 0 saturated heterocycles. The van der Waals surface area contributed by atoms with Crippen molar-refractivity contribution in [3.63, 3.8) is 0 Å². The molecule has 1 amide bonds. The van der Waals surface area contributed by atoms with Crippen LogP contribution in [0.25, 0.3) is 0 Å². The van der Waals surface area contributed by atoms with Gasteiger partial charge in [0.1, 0.15) is 6.61 Å². The second kappa shape index (κ2) is 16.1. The third kappa shape index (κ3) is 19.2. The average Bonchev–Trinajstić information content (AvgIpc) is 2.46. The van der Waals surface area contributed by atoms with Crippen molar-refractivity contribution in [3.8, 4) is 0 Å². The number of hydrogen-bond donors (Lipinski definition) is 2. The molecule has 0 saturated carbocycles. The van der Waals surface area contributed by atoms with Crippen LogP contribution in [0.15, 0.2) is 0 Å². The third-order valence-corrected chi connectivity index (χ3v) is 2.60. The smallest absolute Gasteiger partial charge is 0.246 e. The zero-order valence-electron chi connectivity index (χ0n) is 15.1. The Morgan fingerprint density at radius 3 is 1.70 bits per heavy atom. The van der Waals surface area contributed by atoms with E-state index in [2.05, 4.69) is 24.5 Å². The van der Waals surface area contributed by atoms with Gasteiger partial charge in [0.25, 0.3) is 0 Å². The number of rotatable bonds is 16. The molecule has 0 rings (SSSR count). The van der Waals surface area contributed by atoms with Gasteiger partial charge in [-0.25, -0.2) is 0 Å². The number of nitrogens with one attached hydrogen (secondary N) is 2. The molecule has 0 aliphatic heterocycles. The molecule has 0 atom stereocenters. The third-order valence-electron chi connectivity index (χ3n) is 2.60. The van der Waals surface area contributed by atoms with Crippen LogP contribution in [0.5, 0.6) is 0 Å². The average molecular weight is 334 g/mol. The lowest BCUT2D eigenvalue weighted by atomic mass is 10.4. The summed E-state index contributed by atoms with van der Waals surface area (Å²) in [5.41, 5.74) is 0. The van der Waals surface area contributed by atoms with Gasteiger partial charge in [-0.05, 0) is 13.8 Å². The molecule has 138 valence electrons. The van der Waals surface area contributed by atoms with Crippen LogP contribution >= 0.6 is 0 Å². The minimum atomic E-state index is -0.105. The highest BCUT2D eigenvalue weighted by Crippen LogP contribution is 1.84. The van der Waals surface area contributed by atoms with Crippen LogP contribution in [-0.2, 0) is 23.7 Å². The zero-order chi connectivity index (χ0) is 17.3. The summed E-state index contributed by atoms with van der Waals surface area (Å²) in [4.78, 5) is 11.3. The molecular weight excluding hydrogens is 300 g/mol. The molecule has 0 aromatic rings. The zero-order valence-corrected chi connectivity index (χ0v) is 15.1. The van der Waals surface area contributed by atoms with E-state index in [-0.39, 0.29) is 18.6 Å². The monoisotopic (exact) mass is 334 g/mol. The van der Waals surface area contributed by atoms with E-state index in [1.54, 1.807) is 0 Å². The van der Waals surface area contributed by atoms with Crippen LogP contribution in [0.4, 0.5) is 0 Å². The van der Waals surface area contributed by atoms with Gasteiger partial charge in [0, 0.05) is 18.6 Å². The van der Waals surface area contributed by atoms with E-state index in [1.807, 2.05) is 13.8 Å². The van der Waals surface area contributed by atoms with E-state index in [4.69, 9.17) is 18.9 Å². The Labute approximate surface area is 140 Å². The lowest BCUT2D eigenvalue weighted by Gasteiger charge is -2.10. The fraction of sp³-hybridized carbons (Fsp3) is 0.938. The van der Waals surface area contributed by atoms with Crippen molar-refractivity contribution in [3.05, 3.63) is 0 Å². The number of carbonyl (C=O) groups excluding carboxylic acids is 1. The lowest BCUT2D eigenvalue weighted by Crippen LogP contribution is -2.33. The molecule has 0 fully saturated rings. The van der Waals surface area contributed by atoms with Crippen LogP contribution in [0, 0.1) is 0 Å². The number of carbonyl (C=O) groups is 1. The van der Waals surface area contributed by atoms with Gasteiger partial charge in [0.2, 0.25) is 5.91 Å². The molecule has 0 aromatic carbocycles. The quantitative estimate of drug-likeness (QED) is 0.402. The van der Waals surface area contributed by atoms with Crippen molar-refractivity contribution in [1.29, 1.82) is 0 Å². The number of hydrogen-bond acceptors (Lipinski definition) is 6. The Hall–Kier alpha value is -0.730. The van der Waals surface area contributed by atoms with Gasteiger partial charge < -0.3 is 29.6 Å². The van der Waals surface area contributed by atoms with Crippen LogP contribution in [0.2, 0.25) is 0 Å². The summed E-state index contributed by atoms with van der Waals surface area (Å²) in [5.74, 6) is -0.105. The van der Waals surface area contributed by atoms with Crippen molar-refractivity contribution in [2.24, 2.45) is 0 Å². The van der Waals surface area contributed by atoms with E-state index in [0.717, 1.165) is 6.54 Å². The molecule has 2 N–H and O–H groups in total. The molecule has 23 heavy (non-hydrogen) atoms. The Morgan fingerprint density at radius 1 is 0.739 bits per heavy atom. The summed E-state index contributed by atoms with van der Waals surface area (Å²) in [6.07, 6.45) is 0. The lowest BCUT2D eigenvalue weighted by molar-refractivity contribution is -0.126. The molecule has 0 unspecified atom stereocenters. The van der Waals surface area contributed by atoms with Gasteiger partial charge in [-0.15, -0.1) is 0 Å². The van der Waals surface area contributed by atoms with Crippen LogP contribution in [-0.4, -0.2) is 77.4 Å². The summed E-state index contributed by atoms with van der Waals surface area (Å²) in [6, 6.07) is 0.621. The van der Waals surface area contributed by atoms with Crippen molar-refractivity contribution in [1.82, 2.24) is 10.6 Å². The molecule has 0 aliphatic rings. The largest absolute Gasteiger partial charge is 0.378 e. The van der Waals surface area contributed by atoms with Crippen molar-refractivity contribution in [2.75, 3.05) is 59.4 Å². The normalized spacial score (nSPS) is 11.4. The first kappa shape index (κ1) is 22.3. The maximum Gasteiger partial charge on any atom is 0.246 e. The van der Waals surface area contributed by atoms with Gasteiger partial charge in [0.05, 0.1) is 46.2 Å². The SMILES string of the molecule is CC(C)NCCOCCOCCOCCOCC(=O)NC(C)C. The first-order valence-electron chi connectivity index (χ1n) is 8.36. The maximum absolute atomic E-state index is 11.3. The molecule has 0 spiro atoms. The van der Waals surface area contributed by atoms with Gasteiger partial charge in [-0.2, -0.15) is 0 Å². The Balaban J connectivity index is 3.09. The standard InChI is InChI=1S/C16H34N2O5/c1-14(2)17-5-6-20-7-8-21-9-10-22-11-12-23-13-16(19)18-15(3)4/h14-15,17H,5-13H2,1-4H3,(H,18,19). The van der Waals surface area contributed by atoms with E-state index in [0.29, 0.717) is 52.3 Å². The van der Waals surface area contributed by atoms with Crippen LogP contribution < -0.4 is 10.6 Å². The molecule has 0 heterocycles. The molecular formula is C16H34N2O5. The number of ether oxygens (including phenoxy) is 4. The number of amides is 1. The summed E-state index contributed by atoms with van der Waals surface area (Å²) in [6.45, 7) is 12.7. The second-order valence-corrected chi connectivity index (χ2v) is 5.72. The summed E-state index contributed by atoms with van der Waals surface area (Å²) in [7, 11) is 0. The van der Waals surface area contributed by atoms with Gasteiger partial charge in [-0.1, -0.05) is 13.8 Å². The summed E-state index contributed by atoms with van der Waals surface area (Å²) < 4.78 is 21.3. The minimum absolute atomic E-state index is 0.0705. The first-order chi connectivity index (χ1) is 11.0. The minimum Gasteiger partial charge on any atom is -0.378 e. The van der Waals surface area contributed by atoms with Gasteiger partial charge in [0.15, 0.2) is 0 Å². The van der Waals surface area contributed by atoms with Crippen molar-refractivity contribution >= 4 is 5.91 Å². The van der Waals surface area contributed by atoms with Crippen LogP contribution in [0.1, 0.15) is 27.7 Å². The fourth-order valence-corrected chi connectivity index (χ4v) is 1.61. The molecule has 7 nitrogen and oxygen atoms in total.